The van der Waals surface area contributed by atoms with E-state index < -0.39 is 0 Å². The third-order valence-corrected chi connectivity index (χ3v) is 5.30. The van der Waals surface area contributed by atoms with Gasteiger partial charge in [-0.25, -0.2) is 9.78 Å². The number of amides is 2. The van der Waals surface area contributed by atoms with Crippen molar-refractivity contribution < 1.29 is 13.9 Å². The molecule has 1 N–H and O–H groups in total. The van der Waals surface area contributed by atoms with Crippen molar-refractivity contribution in [2.75, 3.05) is 31.6 Å². The molecule has 0 bridgehead atoms. The molecular formula is C19H23N3O3. The van der Waals surface area contributed by atoms with E-state index in [2.05, 4.69) is 10.3 Å². The number of urea groups is 1. The van der Waals surface area contributed by atoms with Crippen LogP contribution < -0.4 is 5.32 Å². The molecule has 132 valence electrons. The summed E-state index contributed by atoms with van der Waals surface area (Å²) in [6, 6.07) is 5.80. The van der Waals surface area contributed by atoms with Crippen molar-refractivity contribution >= 4 is 11.7 Å². The van der Waals surface area contributed by atoms with Crippen LogP contribution in [0.25, 0.3) is 11.5 Å². The minimum Gasteiger partial charge on any atom is -0.445 e. The van der Waals surface area contributed by atoms with Crippen molar-refractivity contribution in [3.63, 3.8) is 0 Å². The number of benzene rings is 1. The first-order chi connectivity index (χ1) is 12.2. The maximum Gasteiger partial charge on any atom is 0.321 e. The lowest BCUT2D eigenvalue weighted by Gasteiger charge is -2.20. The number of nitrogens with one attached hydrogen (secondary N) is 1. The van der Waals surface area contributed by atoms with E-state index in [-0.39, 0.29) is 6.03 Å². The van der Waals surface area contributed by atoms with E-state index in [0.717, 1.165) is 56.0 Å². The van der Waals surface area contributed by atoms with Crippen molar-refractivity contribution in [3.8, 4) is 11.5 Å². The average Bonchev–Trinajstić information content (AvgIpc) is 3.37. The number of carbonyl (C=O) groups excluding carboxylic acids is 1. The van der Waals surface area contributed by atoms with Crippen LogP contribution in [0.2, 0.25) is 0 Å². The van der Waals surface area contributed by atoms with Gasteiger partial charge < -0.3 is 19.4 Å². The van der Waals surface area contributed by atoms with Gasteiger partial charge >= 0.3 is 6.03 Å². The van der Waals surface area contributed by atoms with Gasteiger partial charge in [-0.2, -0.15) is 0 Å². The van der Waals surface area contributed by atoms with Crippen molar-refractivity contribution in [1.29, 1.82) is 0 Å². The van der Waals surface area contributed by atoms with E-state index in [0.29, 0.717) is 17.7 Å². The predicted molar refractivity (Wildman–Crippen MR) is 94.3 cm³/mol. The molecule has 3 heterocycles. The molecule has 0 spiro atoms. The SMILES string of the molecule is Cc1ccc(-c2ncco2)cc1NC(=O)N1CCC(C2CCOC2)C1. The number of likely N-dealkylation sites (tertiary alicyclic amines) is 1. The number of rotatable bonds is 3. The zero-order valence-electron chi connectivity index (χ0n) is 14.4. The molecule has 6 heteroatoms. The van der Waals surface area contributed by atoms with Gasteiger partial charge in [-0.15, -0.1) is 0 Å². The minimum absolute atomic E-state index is 0.0333. The summed E-state index contributed by atoms with van der Waals surface area (Å²) in [6.45, 7) is 5.32. The van der Waals surface area contributed by atoms with E-state index in [4.69, 9.17) is 9.15 Å². The molecule has 2 fully saturated rings. The third kappa shape index (κ3) is 3.39. The highest BCUT2D eigenvalue weighted by atomic mass is 16.5. The Balaban J connectivity index is 1.43. The second-order valence-electron chi connectivity index (χ2n) is 6.92. The van der Waals surface area contributed by atoms with Gasteiger partial charge in [0.15, 0.2) is 0 Å². The molecule has 1 aromatic heterocycles. The van der Waals surface area contributed by atoms with Crippen LogP contribution in [0, 0.1) is 18.8 Å². The molecule has 2 atom stereocenters. The molecule has 1 aromatic carbocycles. The van der Waals surface area contributed by atoms with Gasteiger partial charge in [-0.05, 0) is 49.3 Å². The average molecular weight is 341 g/mol. The standard InChI is InChI=1S/C19H23N3O3/c1-13-2-3-14(18-20-6-9-25-18)10-17(13)21-19(23)22-7-4-15(11-22)16-5-8-24-12-16/h2-3,6,9-10,15-16H,4-5,7-8,11-12H2,1H3,(H,21,23). The Labute approximate surface area is 147 Å². The van der Waals surface area contributed by atoms with Gasteiger partial charge in [0.05, 0.1) is 6.20 Å². The topological polar surface area (TPSA) is 67.6 Å². The number of carbonyl (C=O) groups is 1. The van der Waals surface area contributed by atoms with E-state index in [9.17, 15) is 4.79 Å². The fourth-order valence-electron chi connectivity index (χ4n) is 3.73. The highest BCUT2D eigenvalue weighted by Crippen LogP contribution is 2.31. The first-order valence-corrected chi connectivity index (χ1v) is 8.85. The Kier molecular flexibility index (Phi) is 4.44. The molecule has 25 heavy (non-hydrogen) atoms. The Hall–Kier alpha value is -2.34. The van der Waals surface area contributed by atoms with E-state index in [1.54, 1.807) is 12.5 Å². The fourth-order valence-corrected chi connectivity index (χ4v) is 3.73. The molecule has 0 saturated carbocycles. The van der Waals surface area contributed by atoms with Crippen molar-refractivity contribution in [3.05, 3.63) is 36.2 Å². The molecule has 2 unspecified atom stereocenters. The third-order valence-electron chi connectivity index (χ3n) is 5.30. The number of anilines is 1. The smallest absolute Gasteiger partial charge is 0.321 e. The molecule has 2 aliphatic heterocycles. The molecule has 2 saturated heterocycles. The molecule has 4 rings (SSSR count). The van der Waals surface area contributed by atoms with Gasteiger partial charge in [0.2, 0.25) is 5.89 Å². The molecule has 0 aliphatic carbocycles. The van der Waals surface area contributed by atoms with Gasteiger partial charge in [-0.1, -0.05) is 6.07 Å². The van der Waals surface area contributed by atoms with Gasteiger partial charge in [0.25, 0.3) is 0 Å². The Morgan fingerprint density at radius 1 is 1.32 bits per heavy atom. The highest BCUT2D eigenvalue weighted by Gasteiger charge is 2.33. The number of hydrogen-bond acceptors (Lipinski definition) is 4. The molecule has 2 amide bonds. The summed E-state index contributed by atoms with van der Waals surface area (Å²) in [5, 5.41) is 3.05. The minimum atomic E-state index is -0.0333. The Morgan fingerprint density at radius 3 is 3.00 bits per heavy atom. The van der Waals surface area contributed by atoms with Crippen molar-refractivity contribution in [2.24, 2.45) is 11.8 Å². The monoisotopic (exact) mass is 341 g/mol. The summed E-state index contributed by atoms with van der Waals surface area (Å²) in [7, 11) is 0. The maximum atomic E-state index is 12.7. The molecule has 6 nitrogen and oxygen atoms in total. The van der Waals surface area contributed by atoms with Crippen molar-refractivity contribution in [2.45, 2.75) is 19.8 Å². The highest BCUT2D eigenvalue weighted by molar-refractivity contribution is 5.91. The van der Waals surface area contributed by atoms with E-state index in [1.807, 2.05) is 30.0 Å². The number of aromatic nitrogens is 1. The lowest BCUT2D eigenvalue weighted by Crippen LogP contribution is -2.34. The number of ether oxygens (including phenoxy) is 1. The lowest BCUT2D eigenvalue weighted by molar-refractivity contribution is 0.171. The second kappa shape index (κ2) is 6.88. The number of hydrogen-bond donors (Lipinski definition) is 1. The summed E-state index contributed by atoms with van der Waals surface area (Å²) >= 11 is 0. The Bertz CT molecular complexity index is 738. The van der Waals surface area contributed by atoms with Crippen LogP contribution in [-0.2, 0) is 4.74 Å². The first-order valence-electron chi connectivity index (χ1n) is 8.85. The number of nitrogens with zero attached hydrogens (tertiary/aromatic N) is 2. The van der Waals surface area contributed by atoms with Crippen LogP contribution in [0.1, 0.15) is 18.4 Å². The molecular weight excluding hydrogens is 318 g/mol. The summed E-state index contributed by atoms with van der Waals surface area (Å²) < 4.78 is 10.8. The van der Waals surface area contributed by atoms with Gasteiger partial charge in [0, 0.05) is 37.6 Å². The van der Waals surface area contributed by atoms with Crippen LogP contribution in [-0.4, -0.2) is 42.2 Å². The Morgan fingerprint density at radius 2 is 2.24 bits per heavy atom. The summed E-state index contributed by atoms with van der Waals surface area (Å²) in [5.41, 5.74) is 2.67. The van der Waals surface area contributed by atoms with Crippen molar-refractivity contribution in [1.82, 2.24) is 9.88 Å². The quantitative estimate of drug-likeness (QED) is 0.927. The van der Waals surface area contributed by atoms with E-state index >= 15 is 0 Å². The largest absolute Gasteiger partial charge is 0.445 e. The second-order valence-corrected chi connectivity index (χ2v) is 6.92. The molecule has 0 radical (unpaired) electrons. The van der Waals surface area contributed by atoms with E-state index in [1.165, 1.54) is 0 Å². The number of oxazole rings is 1. The normalized spacial score (nSPS) is 23.2. The van der Waals surface area contributed by atoms with Gasteiger partial charge in [-0.3, -0.25) is 0 Å². The zero-order valence-corrected chi connectivity index (χ0v) is 14.4. The zero-order chi connectivity index (χ0) is 17.2. The molecule has 2 aliphatic rings. The first kappa shape index (κ1) is 16.1. The predicted octanol–water partition coefficient (Wildman–Crippen LogP) is 3.54. The fraction of sp³-hybridized carbons (Fsp3) is 0.474. The van der Waals surface area contributed by atoms with Crippen LogP contribution in [0.15, 0.2) is 35.1 Å². The van der Waals surface area contributed by atoms with Crippen LogP contribution in [0.4, 0.5) is 10.5 Å². The van der Waals surface area contributed by atoms with Crippen LogP contribution in [0.3, 0.4) is 0 Å². The lowest BCUT2D eigenvalue weighted by atomic mass is 9.91. The van der Waals surface area contributed by atoms with Crippen LogP contribution in [0.5, 0.6) is 0 Å². The summed E-state index contributed by atoms with van der Waals surface area (Å²) in [5.74, 6) is 1.72. The van der Waals surface area contributed by atoms with Gasteiger partial charge in [0.1, 0.15) is 6.26 Å². The summed E-state index contributed by atoms with van der Waals surface area (Å²) in [4.78, 5) is 18.8. The maximum absolute atomic E-state index is 12.7. The number of aryl methyl sites for hydroxylation is 1. The summed E-state index contributed by atoms with van der Waals surface area (Å²) in [6.07, 6.45) is 5.35. The molecule has 2 aromatic rings. The van der Waals surface area contributed by atoms with Crippen LogP contribution >= 0.6 is 0 Å².